The van der Waals surface area contributed by atoms with E-state index in [0.717, 1.165) is 26.1 Å². The van der Waals surface area contributed by atoms with Crippen molar-refractivity contribution in [3.63, 3.8) is 0 Å². The number of carbonyl (C=O) groups excluding carboxylic acids is 1. The maximum atomic E-state index is 11.0. The number of ether oxygens (including phenoxy) is 1. The molecule has 1 saturated carbocycles. The van der Waals surface area contributed by atoms with Crippen LogP contribution in [0.3, 0.4) is 0 Å². The third kappa shape index (κ3) is 1.22. The van der Waals surface area contributed by atoms with Crippen LogP contribution in [0.2, 0.25) is 0 Å². The van der Waals surface area contributed by atoms with Crippen LogP contribution in [0.5, 0.6) is 0 Å². The van der Waals surface area contributed by atoms with Crippen LogP contribution in [0.15, 0.2) is 0 Å². The Labute approximate surface area is 72.5 Å². The minimum absolute atomic E-state index is 0.176. The van der Waals surface area contributed by atoms with Gasteiger partial charge >= 0.3 is 0 Å². The zero-order valence-electron chi connectivity index (χ0n) is 7.43. The molecule has 1 aliphatic heterocycles. The molecular weight excluding hydrogens is 154 g/mol. The molecule has 68 valence electrons. The molecule has 3 heteroatoms. The summed E-state index contributed by atoms with van der Waals surface area (Å²) in [5.74, 6) is 0.176. The number of carbonyl (C=O) groups is 1. The van der Waals surface area contributed by atoms with Gasteiger partial charge in [-0.15, -0.1) is 0 Å². The van der Waals surface area contributed by atoms with Crippen molar-refractivity contribution in [3.8, 4) is 0 Å². The van der Waals surface area contributed by atoms with E-state index in [1.807, 2.05) is 6.92 Å². The Hall–Kier alpha value is -0.570. The van der Waals surface area contributed by atoms with E-state index in [-0.39, 0.29) is 5.91 Å². The normalized spacial score (nSPS) is 26.1. The van der Waals surface area contributed by atoms with E-state index >= 15 is 0 Å². The summed E-state index contributed by atoms with van der Waals surface area (Å²) >= 11 is 0. The Kier molecular flexibility index (Phi) is 1.83. The number of rotatable bonds is 2. The molecule has 1 heterocycles. The monoisotopic (exact) mass is 169 g/mol. The fourth-order valence-corrected chi connectivity index (χ4v) is 2.04. The molecule has 0 aromatic carbocycles. The molecule has 0 aromatic heterocycles. The van der Waals surface area contributed by atoms with Gasteiger partial charge in [-0.1, -0.05) is 6.92 Å². The van der Waals surface area contributed by atoms with E-state index in [9.17, 15) is 4.79 Å². The summed E-state index contributed by atoms with van der Waals surface area (Å²) in [6, 6.07) is 0.432. The van der Waals surface area contributed by atoms with E-state index in [0.29, 0.717) is 17.9 Å². The van der Waals surface area contributed by atoms with Crippen LogP contribution in [-0.2, 0) is 9.53 Å². The van der Waals surface area contributed by atoms with E-state index < -0.39 is 0 Å². The van der Waals surface area contributed by atoms with Crippen LogP contribution < -0.4 is 5.32 Å². The van der Waals surface area contributed by atoms with Crippen LogP contribution in [0, 0.1) is 5.41 Å². The first-order valence-corrected chi connectivity index (χ1v) is 4.61. The van der Waals surface area contributed by atoms with Crippen molar-refractivity contribution in [1.29, 1.82) is 0 Å². The largest absolute Gasteiger partial charge is 0.380 e. The summed E-state index contributed by atoms with van der Waals surface area (Å²) in [6.45, 7) is 3.70. The highest BCUT2D eigenvalue weighted by Gasteiger charge is 2.49. The number of hydrogen-bond donors (Lipinski definition) is 1. The average Bonchev–Trinajstić information content (AvgIpc) is 1.91. The summed E-state index contributed by atoms with van der Waals surface area (Å²) in [5.41, 5.74) is 0.464. The van der Waals surface area contributed by atoms with Crippen LogP contribution in [-0.4, -0.2) is 25.2 Å². The number of amides is 1. The van der Waals surface area contributed by atoms with Crippen LogP contribution in [0.4, 0.5) is 0 Å². The van der Waals surface area contributed by atoms with Gasteiger partial charge < -0.3 is 10.1 Å². The molecule has 2 aliphatic rings. The predicted molar refractivity (Wildman–Crippen MR) is 44.7 cm³/mol. The van der Waals surface area contributed by atoms with Gasteiger partial charge in [-0.05, 0) is 12.8 Å². The minimum Gasteiger partial charge on any atom is -0.380 e. The zero-order valence-corrected chi connectivity index (χ0v) is 7.43. The topological polar surface area (TPSA) is 38.3 Å². The standard InChI is InChI=1S/C9H15NO2/c1-2-8(11)10-7-3-9(4-7)5-12-6-9/h7H,2-6H2,1H3,(H,10,11). The molecule has 1 saturated heterocycles. The van der Waals surface area contributed by atoms with E-state index in [4.69, 9.17) is 4.74 Å². The summed E-state index contributed by atoms with van der Waals surface area (Å²) < 4.78 is 5.15. The molecule has 1 N–H and O–H groups in total. The first-order valence-electron chi connectivity index (χ1n) is 4.61. The number of hydrogen-bond acceptors (Lipinski definition) is 2. The Bertz CT molecular complexity index is 191. The average molecular weight is 169 g/mol. The van der Waals surface area contributed by atoms with E-state index in [2.05, 4.69) is 5.32 Å². The van der Waals surface area contributed by atoms with Gasteiger partial charge in [0.1, 0.15) is 0 Å². The molecule has 0 unspecified atom stereocenters. The molecule has 0 radical (unpaired) electrons. The van der Waals surface area contributed by atoms with E-state index in [1.54, 1.807) is 0 Å². The highest BCUT2D eigenvalue weighted by molar-refractivity contribution is 5.75. The molecule has 0 atom stereocenters. The van der Waals surface area contributed by atoms with Gasteiger partial charge in [0, 0.05) is 17.9 Å². The fraction of sp³-hybridized carbons (Fsp3) is 0.889. The fourth-order valence-electron chi connectivity index (χ4n) is 2.04. The van der Waals surface area contributed by atoms with Crippen molar-refractivity contribution >= 4 is 5.91 Å². The summed E-state index contributed by atoms with van der Waals surface area (Å²) in [5, 5.41) is 2.99. The highest BCUT2D eigenvalue weighted by Crippen LogP contribution is 2.46. The van der Waals surface area contributed by atoms with Gasteiger partial charge in [0.2, 0.25) is 5.91 Å². The van der Waals surface area contributed by atoms with Gasteiger partial charge in [0.25, 0.3) is 0 Å². The van der Waals surface area contributed by atoms with Crippen LogP contribution >= 0.6 is 0 Å². The molecule has 3 nitrogen and oxygen atoms in total. The second kappa shape index (κ2) is 2.73. The Morgan fingerprint density at radius 2 is 2.25 bits per heavy atom. The third-order valence-electron chi connectivity index (χ3n) is 2.86. The SMILES string of the molecule is CCC(=O)NC1CC2(COC2)C1. The van der Waals surface area contributed by atoms with Crippen LogP contribution in [0.1, 0.15) is 26.2 Å². The quantitative estimate of drug-likeness (QED) is 0.660. The maximum absolute atomic E-state index is 11.0. The Morgan fingerprint density at radius 3 is 2.67 bits per heavy atom. The summed E-state index contributed by atoms with van der Waals surface area (Å²) in [6.07, 6.45) is 2.84. The molecule has 2 rings (SSSR count). The molecule has 1 amide bonds. The lowest BCUT2D eigenvalue weighted by atomic mass is 9.64. The van der Waals surface area contributed by atoms with Crippen LogP contribution in [0.25, 0.3) is 0 Å². The third-order valence-corrected chi connectivity index (χ3v) is 2.86. The first kappa shape index (κ1) is 8.05. The lowest BCUT2D eigenvalue weighted by Crippen LogP contribution is -2.59. The summed E-state index contributed by atoms with van der Waals surface area (Å²) in [4.78, 5) is 11.0. The number of nitrogens with one attached hydrogen (secondary N) is 1. The second-order valence-electron chi connectivity index (χ2n) is 4.02. The molecule has 0 bridgehead atoms. The first-order chi connectivity index (χ1) is 5.74. The lowest BCUT2D eigenvalue weighted by Gasteiger charge is -2.53. The summed E-state index contributed by atoms with van der Waals surface area (Å²) in [7, 11) is 0. The van der Waals surface area contributed by atoms with Crippen molar-refractivity contribution in [3.05, 3.63) is 0 Å². The zero-order chi connectivity index (χ0) is 8.60. The molecule has 12 heavy (non-hydrogen) atoms. The molecule has 2 fully saturated rings. The van der Waals surface area contributed by atoms with Gasteiger partial charge in [-0.2, -0.15) is 0 Å². The molecule has 1 aliphatic carbocycles. The van der Waals surface area contributed by atoms with Gasteiger partial charge in [0.05, 0.1) is 13.2 Å². The highest BCUT2D eigenvalue weighted by atomic mass is 16.5. The van der Waals surface area contributed by atoms with Crippen molar-refractivity contribution in [1.82, 2.24) is 5.32 Å². The van der Waals surface area contributed by atoms with Crippen molar-refractivity contribution in [2.24, 2.45) is 5.41 Å². The smallest absolute Gasteiger partial charge is 0.219 e. The molecular formula is C9H15NO2. The lowest BCUT2D eigenvalue weighted by molar-refractivity contribution is -0.169. The van der Waals surface area contributed by atoms with Gasteiger partial charge in [-0.3, -0.25) is 4.79 Å². The van der Waals surface area contributed by atoms with Gasteiger partial charge in [-0.25, -0.2) is 0 Å². The second-order valence-corrected chi connectivity index (χ2v) is 4.02. The molecule has 0 aromatic rings. The Balaban J connectivity index is 1.71. The minimum atomic E-state index is 0.176. The van der Waals surface area contributed by atoms with E-state index in [1.165, 1.54) is 0 Å². The van der Waals surface area contributed by atoms with Crippen molar-refractivity contribution in [2.75, 3.05) is 13.2 Å². The molecule has 1 spiro atoms. The van der Waals surface area contributed by atoms with Crippen molar-refractivity contribution in [2.45, 2.75) is 32.2 Å². The predicted octanol–water partition coefficient (Wildman–Crippen LogP) is 0.692. The van der Waals surface area contributed by atoms with Gasteiger partial charge in [0.15, 0.2) is 0 Å². The Morgan fingerprint density at radius 1 is 1.58 bits per heavy atom. The van der Waals surface area contributed by atoms with Crippen molar-refractivity contribution < 1.29 is 9.53 Å². The maximum Gasteiger partial charge on any atom is 0.219 e.